The van der Waals surface area contributed by atoms with Crippen molar-refractivity contribution in [1.29, 1.82) is 0 Å². The van der Waals surface area contributed by atoms with Gasteiger partial charge in [0, 0.05) is 52.7 Å². The number of hydrogen-bond donors (Lipinski definition) is 1. The largest absolute Gasteiger partial charge is 0.381 e. The molecular weight excluding hydrogens is 334 g/mol. The fourth-order valence-corrected chi connectivity index (χ4v) is 3.70. The smallest absolute Gasteiger partial charge is 0.0878 e. The maximum Gasteiger partial charge on any atom is 0.0878 e. The van der Waals surface area contributed by atoms with E-state index in [2.05, 4.69) is 33.3 Å². The Morgan fingerprint density at radius 3 is 2.62 bits per heavy atom. The van der Waals surface area contributed by atoms with E-state index in [0.717, 1.165) is 49.2 Å². The van der Waals surface area contributed by atoms with Crippen molar-refractivity contribution in [2.45, 2.75) is 44.8 Å². The average Bonchev–Trinajstić information content (AvgIpc) is 2.73. The molecule has 0 saturated carbocycles. The molecule has 1 aliphatic rings. The van der Waals surface area contributed by atoms with Gasteiger partial charge in [0.1, 0.15) is 0 Å². The standard InChI is InChI=1S/C15H26BrN3O2/c1-5-17-13(15(20-4)6-8-21-9-7-15)10-12-14(16)11(2)18-19(12)3/h13,17H,5-10H2,1-4H3. The van der Waals surface area contributed by atoms with Crippen molar-refractivity contribution in [2.24, 2.45) is 7.05 Å². The number of ether oxygens (including phenoxy) is 2. The van der Waals surface area contributed by atoms with Crippen molar-refractivity contribution in [3.8, 4) is 0 Å². The molecule has 120 valence electrons. The first-order valence-electron chi connectivity index (χ1n) is 7.58. The van der Waals surface area contributed by atoms with Crippen molar-refractivity contribution in [3.05, 3.63) is 15.9 Å². The third-order valence-electron chi connectivity index (χ3n) is 4.49. The van der Waals surface area contributed by atoms with Gasteiger partial charge in [0.05, 0.1) is 21.5 Å². The summed E-state index contributed by atoms with van der Waals surface area (Å²) in [5, 5.41) is 8.11. The molecule has 1 aliphatic heterocycles. The summed E-state index contributed by atoms with van der Waals surface area (Å²) in [6.07, 6.45) is 2.74. The van der Waals surface area contributed by atoms with Crippen LogP contribution in [0, 0.1) is 6.92 Å². The van der Waals surface area contributed by atoms with E-state index in [-0.39, 0.29) is 11.6 Å². The Morgan fingerprint density at radius 2 is 2.14 bits per heavy atom. The van der Waals surface area contributed by atoms with Crippen molar-refractivity contribution < 1.29 is 9.47 Å². The first kappa shape index (κ1) is 16.9. The molecule has 21 heavy (non-hydrogen) atoms. The van der Waals surface area contributed by atoms with Crippen LogP contribution in [0.3, 0.4) is 0 Å². The molecule has 2 rings (SSSR count). The number of nitrogens with zero attached hydrogens (tertiary/aromatic N) is 2. The lowest BCUT2D eigenvalue weighted by molar-refractivity contribution is -0.110. The SMILES string of the molecule is CCNC(Cc1c(Br)c(C)nn1C)C1(OC)CCOCC1. The average molecular weight is 360 g/mol. The monoisotopic (exact) mass is 359 g/mol. The van der Waals surface area contributed by atoms with Crippen molar-refractivity contribution in [2.75, 3.05) is 26.9 Å². The summed E-state index contributed by atoms with van der Waals surface area (Å²) in [4.78, 5) is 0. The summed E-state index contributed by atoms with van der Waals surface area (Å²) in [5.74, 6) is 0. The van der Waals surface area contributed by atoms with Crippen LogP contribution in [0.4, 0.5) is 0 Å². The quantitative estimate of drug-likeness (QED) is 0.845. The second-order valence-corrected chi connectivity index (χ2v) is 6.46. The van der Waals surface area contributed by atoms with Crippen LogP contribution in [0.1, 0.15) is 31.2 Å². The number of aryl methyl sites for hydroxylation is 2. The highest BCUT2D eigenvalue weighted by atomic mass is 79.9. The van der Waals surface area contributed by atoms with Gasteiger partial charge in [-0.3, -0.25) is 4.68 Å². The lowest BCUT2D eigenvalue weighted by Crippen LogP contribution is -2.56. The van der Waals surface area contributed by atoms with Gasteiger partial charge in [-0.15, -0.1) is 0 Å². The minimum absolute atomic E-state index is 0.161. The zero-order chi connectivity index (χ0) is 15.5. The number of methoxy groups -OCH3 is 1. The second kappa shape index (κ2) is 7.22. The van der Waals surface area contributed by atoms with E-state index in [1.165, 1.54) is 5.69 Å². The minimum atomic E-state index is -0.161. The molecule has 1 saturated heterocycles. The Morgan fingerprint density at radius 1 is 1.48 bits per heavy atom. The fraction of sp³-hybridized carbons (Fsp3) is 0.800. The number of nitrogens with one attached hydrogen (secondary N) is 1. The topological polar surface area (TPSA) is 48.3 Å². The van der Waals surface area contributed by atoms with Crippen LogP contribution < -0.4 is 5.32 Å². The molecule has 1 unspecified atom stereocenters. The lowest BCUT2D eigenvalue weighted by Gasteiger charge is -2.42. The normalized spacial score (nSPS) is 19.7. The maximum atomic E-state index is 5.96. The number of aromatic nitrogens is 2. The van der Waals surface area contributed by atoms with Crippen LogP contribution in [-0.4, -0.2) is 48.3 Å². The molecule has 0 radical (unpaired) electrons. The lowest BCUT2D eigenvalue weighted by atomic mass is 9.83. The van der Waals surface area contributed by atoms with Gasteiger partial charge >= 0.3 is 0 Å². The Balaban J connectivity index is 2.25. The van der Waals surface area contributed by atoms with Crippen LogP contribution in [0.5, 0.6) is 0 Å². The van der Waals surface area contributed by atoms with Gasteiger partial charge in [-0.2, -0.15) is 5.10 Å². The molecule has 1 fully saturated rings. The summed E-state index contributed by atoms with van der Waals surface area (Å²) >= 11 is 3.67. The molecule has 0 aromatic carbocycles. The zero-order valence-electron chi connectivity index (χ0n) is 13.4. The fourth-order valence-electron chi connectivity index (χ4n) is 3.20. The van der Waals surface area contributed by atoms with Crippen molar-refractivity contribution in [1.82, 2.24) is 15.1 Å². The third-order valence-corrected chi connectivity index (χ3v) is 5.52. The molecule has 0 spiro atoms. The number of likely N-dealkylation sites (N-methyl/N-ethyl adjacent to an activating group) is 1. The van der Waals surface area contributed by atoms with Gasteiger partial charge in [-0.25, -0.2) is 0 Å². The summed E-state index contributed by atoms with van der Waals surface area (Å²) in [7, 11) is 3.82. The maximum absolute atomic E-state index is 5.96. The van der Waals surface area contributed by atoms with E-state index >= 15 is 0 Å². The summed E-state index contributed by atoms with van der Waals surface area (Å²) in [6.45, 7) is 6.61. The van der Waals surface area contributed by atoms with E-state index in [1.807, 2.05) is 25.8 Å². The van der Waals surface area contributed by atoms with Gasteiger partial charge in [-0.1, -0.05) is 6.92 Å². The van der Waals surface area contributed by atoms with E-state index < -0.39 is 0 Å². The molecule has 1 atom stereocenters. The van der Waals surface area contributed by atoms with Crippen molar-refractivity contribution >= 4 is 15.9 Å². The van der Waals surface area contributed by atoms with Gasteiger partial charge in [-0.05, 0) is 29.4 Å². The van der Waals surface area contributed by atoms with Crippen LogP contribution in [-0.2, 0) is 22.9 Å². The van der Waals surface area contributed by atoms with E-state index in [0.29, 0.717) is 0 Å². The number of rotatable bonds is 6. The van der Waals surface area contributed by atoms with E-state index in [4.69, 9.17) is 9.47 Å². The van der Waals surface area contributed by atoms with Crippen LogP contribution >= 0.6 is 15.9 Å². The molecule has 5 nitrogen and oxygen atoms in total. The van der Waals surface area contributed by atoms with Crippen LogP contribution in [0.15, 0.2) is 4.47 Å². The zero-order valence-corrected chi connectivity index (χ0v) is 15.0. The predicted octanol–water partition coefficient (Wildman–Crippen LogP) is 2.21. The minimum Gasteiger partial charge on any atom is -0.381 e. The van der Waals surface area contributed by atoms with Gasteiger partial charge in [0.25, 0.3) is 0 Å². The summed E-state index contributed by atoms with van der Waals surface area (Å²) in [5.41, 5.74) is 2.08. The highest BCUT2D eigenvalue weighted by Crippen LogP contribution is 2.32. The second-order valence-electron chi connectivity index (χ2n) is 5.67. The highest BCUT2D eigenvalue weighted by Gasteiger charge is 2.41. The Labute approximate surface area is 135 Å². The number of halogens is 1. The van der Waals surface area contributed by atoms with E-state index in [1.54, 1.807) is 0 Å². The highest BCUT2D eigenvalue weighted by molar-refractivity contribution is 9.10. The molecule has 0 bridgehead atoms. The third kappa shape index (κ3) is 3.50. The first-order valence-corrected chi connectivity index (χ1v) is 8.37. The molecule has 0 aliphatic carbocycles. The number of hydrogen-bond acceptors (Lipinski definition) is 4. The van der Waals surface area contributed by atoms with E-state index in [9.17, 15) is 0 Å². The Kier molecular flexibility index (Phi) is 5.82. The summed E-state index contributed by atoms with van der Waals surface area (Å²) in [6, 6.07) is 0.252. The molecule has 2 heterocycles. The predicted molar refractivity (Wildman–Crippen MR) is 86.6 cm³/mol. The molecule has 0 amide bonds. The molecule has 1 aromatic rings. The Hall–Kier alpha value is -0.430. The first-order chi connectivity index (χ1) is 10.0. The van der Waals surface area contributed by atoms with Gasteiger partial charge in [0.2, 0.25) is 0 Å². The molecule has 1 aromatic heterocycles. The van der Waals surface area contributed by atoms with Gasteiger partial charge in [0.15, 0.2) is 0 Å². The molecular formula is C15H26BrN3O2. The van der Waals surface area contributed by atoms with Crippen LogP contribution in [0.2, 0.25) is 0 Å². The Bertz CT molecular complexity index is 470. The molecule has 6 heteroatoms. The summed E-state index contributed by atoms with van der Waals surface area (Å²) < 4.78 is 14.6. The van der Waals surface area contributed by atoms with Gasteiger partial charge < -0.3 is 14.8 Å². The van der Waals surface area contributed by atoms with Crippen molar-refractivity contribution in [3.63, 3.8) is 0 Å². The molecule has 1 N–H and O–H groups in total. The van der Waals surface area contributed by atoms with Crippen LogP contribution in [0.25, 0.3) is 0 Å².